The molecule has 3 heterocycles. The molecule has 2 aliphatic rings. The van der Waals surface area contributed by atoms with Crippen molar-refractivity contribution in [2.45, 2.75) is 39.2 Å². The van der Waals surface area contributed by atoms with Gasteiger partial charge in [-0.05, 0) is 67.0 Å². The van der Waals surface area contributed by atoms with Crippen molar-refractivity contribution in [1.29, 1.82) is 0 Å². The summed E-state index contributed by atoms with van der Waals surface area (Å²) in [7, 11) is 1.71. The lowest BCUT2D eigenvalue weighted by molar-refractivity contribution is 0.0682. The number of ether oxygens (including phenoxy) is 1. The first-order valence-corrected chi connectivity index (χ1v) is 10.3. The highest BCUT2D eigenvalue weighted by molar-refractivity contribution is 5.94. The normalized spacial score (nSPS) is 19.7. The van der Waals surface area contributed by atoms with E-state index >= 15 is 0 Å². The van der Waals surface area contributed by atoms with Gasteiger partial charge in [-0.3, -0.25) is 4.79 Å². The quantitative estimate of drug-likeness (QED) is 0.811. The molecule has 0 saturated carbocycles. The maximum absolute atomic E-state index is 12.8. The van der Waals surface area contributed by atoms with Crippen LogP contribution in [0, 0.1) is 5.92 Å². The Morgan fingerprint density at radius 3 is 2.79 bits per heavy atom. The summed E-state index contributed by atoms with van der Waals surface area (Å²) in [6, 6.07) is 10.3. The van der Waals surface area contributed by atoms with Gasteiger partial charge in [0.15, 0.2) is 0 Å². The van der Waals surface area contributed by atoms with E-state index in [2.05, 4.69) is 28.9 Å². The first-order valence-electron chi connectivity index (χ1n) is 10.3. The summed E-state index contributed by atoms with van der Waals surface area (Å²) in [6.45, 7) is 5.72. The number of carbonyl (C=O) groups is 1. The molecule has 28 heavy (non-hydrogen) atoms. The molecule has 1 unspecified atom stereocenters. The van der Waals surface area contributed by atoms with Gasteiger partial charge in [0.1, 0.15) is 11.6 Å². The van der Waals surface area contributed by atoms with Crippen molar-refractivity contribution in [2.75, 3.05) is 31.6 Å². The van der Waals surface area contributed by atoms with Gasteiger partial charge in [-0.1, -0.05) is 13.0 Å². The fourth-order valence-electron chi connectivity index (χ4n) is 4.31. The van der Waals surface area contributed by atoms with E-state index < -0.39 is 0 Å². The summed E-state index contributed by atoms with van der Waals surface area (Å²) in [4.78, 5) is 21.7. The maximum Gasteiger partial charge on any atom is 0.255 e. The smallest absolute Gasteiger partial charge is 0.255 e. The van der Waals surface area contributed by atoms with Crippen LogP contribution in [0.4, 0.5) is 5.82 Å². The molecular formula is C23H29N3O2. The minimum atomic E-state index is 0.110. The zero-order valence-electron chi connectivity index (χ0n) is 16.9. The maximum atomic E-state index is 12.8. The zero-order chi connectivity index (χ0) is 19.5. The number of aryl methyl sites for hydroxylation is 1. The zero-order valence-corrected chi connectivity index (χ0v) is 16.9. The number of pyridine rings is 1. The monoisotopic (exact) mass is 379 g/mol. The van der Waals surface area contributed by atoms with E-state index in [1.54, 1.807) is 13.3 Å². The number of nitrogens with zero attached hydrogens (tertiary/aromatic N) is 3. The molecule has 1 aromatic heterocycles. The van der Waals surface area contributed by atoms with Crippen LogP contribution in [0.25, 0.3) is 0 Å². The van der Waals surface area contributed by atoms with Gasteiger partial charge in [0.25, 0.3) is 5.91 Å². The Kier molecular flexibility index (Phi) is 5.51. The van der Waals surface area contributed by atoms with Crippen molar-refractivity contribution in [3.8, 4) is 5.75 Å². The number of anilines is 1. The van der Waals surface area contributed by atoms with Crippen molar-refractivity contribution in [3.05, 3.63) is 53.2 Å². The van der Waals surface area contributed by atoms with Gasteiger partial charge in [0.2, 0.25) is 0 Å². The van der Waals surface area contributed by atoms with Gasteiger partial charge in [-0.25, -0.2) is 4.98 Å². The number of carbonyl (C=O) groups excluding carboxylic acids is 1. The standard InChI is InChI=1S/C23H29N3O2/c1-17-5-3-12-26(15-17)23(27)19-8-10-22(24-14-19)25-11-4-6-18-13-21(28-2)9-7-20(18)16-25/h7-10,13-14,17H,3-6,11-12,15-16H2,1-2H3. The largest absolute Gasteiger partial charge is 0.497 e. The first-order chi connectivity index (χ1) is 13.6. The molecule has 0 bridgehead atoms. The molecule has 0 aliphatic carbocycles. The van der Waals surface area contributed by atoms with E-state index in [1.807, 2.05) is 23.1 Å². The summed E-state index contributed by atoms with van der Waals surface area (Å²) in [6.07, 6.45) is 6.18. The fourth-order valence-corrected chi connectivity index (χ4v) is 4.31. The van der Waals surface area contributed by atoms with Crippen LogP contribution in [0.5, 0.6) is 5.75 Å². The predicted octanol–water partition coefficient (Wildman–Crippen LogP) is 3.92. The van der Waals surface area contributed by atoms with Gasteiger partial charge in [0, 0.05) is 32.4 Å². The molecule has 148 valence electrons. The Labute approximate surface area is 167 Å². The molecule has 1 aromatic carbocycles. The number of rotatable bonds is 3. The molecule has 0 radical (unpaired) electrons. The van der Waals surface area contributed by atoms with Gasteiger partial charge >= 0.3 is 0 Å². The van der Waals surface area contributed by atoms with Crippen LogP contribution >= 0.6 is 0 Å². The number of likely N-dealkylation sites (tertiary alicyclic amines) is 1. The highest BCUT2D eigenvalue weighted by Gasteiger charge is 2.23. The molecule has 5 nitrogen and oxygen atoms in total. The van der Waals surface area contributed by atoms with Crippen molar-refractivity contribution in [3.63, 3.8) is 0 Å². The minimum Gasteiger partial charge on any atom is -0.497 e. The van der Waals surface area contributed by atoms with E-state index in [0.29, 0.717) is 11.5 Å². The lowest BCUT2D eigenvalue weighted by Gasteiger charge is -2.31. The van der Waals surface area contributed by atoms with E-state index in [9.17, 15) is 4.79 Å². The third kappa shape index (κ3) is 3.98. The number of amides is 1. The van der Waals surface area contributed by atoms with Crippen molar-refractivity contribution < 1.29 is 9.53 Å². The summed E-state index contributed by atoms with van der Waals surface area (Å²) in [5.74, 6) is 2.55. The van der Waals surface area contributed by atoms with Crippen LogP contribution in [0.3, 0.4) is 0 Å². The van der Waals surface area contributed by atoms with E-state index in [0.717, 1.165) is 57.0 Å². The second-order valence-electron chi connectivity index (χ2n) is 8.06. The number of hydrogen-bond acceptors (Lipinski definition) is 4. The molecule has 2 aliphatic heterocycles. The van der Waals surface area contributed by atoms with Gasteiger partial charge in [0.05, 0.1) is 12.7 Å². The number of aromatic nitrogens is 1. The third-order valence-corrected chi connectivity index (χ3v) is 5.91. The summed E-state index contributed by atoms with van der Waals surface area (Å²) >= 11 is 0. The third-order valence-electron chi connectivity index (χ3n) is 5.91. The van der Waals surface area contributed by atoms with Crippen LogP contribution in [0.15, 0.2) is 36.5 Å². The van der Waals surface area contributed by atoms with Crippen LogP contribution < -0.4 is 9.64 Å². The Hall–Kier alpha value is -2.56. The summed E-state index contributed by atoms with van der Waals surface area (Å²) in [5.41, 5.74) is 3.37. The van der Waals surface area contributed by atoms with E-state index in [1.165, 1.54) is 17.5 Å². The SMILES string of the molecule is COc1ccc2c(c1)CCCN(c1ccc(C(=O)N3CCCC(C)C3)cn1)C2. The van der Waals surface area contributed by atoms with Crippen molar-refractivity contribution >= 4 is 11.7 Å². The highest BCUT2D eigenvalue weighted by Crippen LogP contribution is 2.26. The van der Waals surface area contributed by atoms with Crippen LogP contribution in [0.2, 0.25) is 0 Å². The molecule has 1 fully saturated rings. The van der Waals surface area contributed by atoms with Crippen molar-refractivity contribution in [1.82, 2.24) is 9.88 Å². The molecule has 1 atom stereocenters. The second kappa shape index (κ2) is 8.21. The van der Waals surface area contributed by atoms with Crippen molar-refractivity contribution in [2.24, 2.45) is 5.92 Å². The van der Waals surface area contributed by atoms with Crippen LogP contribution in [-0.4, -0.2) is 42.5 Å². The Balaban J connectivity index is 1.48. The van der Waals surface area contributed by atoms with Crippen LogP contribution in [-0.2, 0) is 13.0 Å². The highest BCUT2D eigenvalue weighted by atomic mass is 16.5. The Bertz CT molecular complexity index is 834. The molecule has 4 rings (SSSR count). The van der Waals surface area contributed by atoms with Gasteiger partial charge < -0.3 is 14.5 Å². The molecule has 1 saturated heterocycles. The lowest BCUT2D eigenvalue weighted by atomic mass is 10.00. The topological polar surface area (TPSA) is 45.7 Å². The van der Waals surface area contributed by atoms with E-state index in [4.69, 9.17) is 4.74 Å². The van der Waals surface area contributed by atoms with E-state index in [-0.39, 0.29) is 5.91 Å². The van der Waals surface area contributed by atoms with Gasteiger partial charge in [-0.15, -0.1) is 0 Å². The second-order valence-corrected chi connectivity index (χ2v) is 8.06. The molecule has 5 heteroatoms. The fraction of sp³-hybridized carbons (Fsp3) is 0.478. The molecule has 1 amide bonds. The average Bonchev–Trinajstić information content (AvgIpc) is 2.95. The number of methoxy groups -OCH3 is 1. The minimum absolute atomic E-state index is 0.110. The first kappa shape index (κ1) is 18.8. The Morgan fingerprint density at radius 1 is 1.14 bits per heavy atom. The molecule has 2 aromatic rings. The molecular weight excluding hydrogens is 350 g/mol. The van der Waals surface area contributed by atoms with Crippen LogP contribution in [0.1, 0.15) is 47.7 Å². The summed E-state index contributed by atoms with van der Waals surface area (Å²) < 4.78 is 5.36. The van der Waals surface area contributed by atoms with Gasteiger partial charge in [-0.2, -0.15) is 0 Å². The average molecular weight is 380 g/mol. The number of fused-ring (bicyclic) bond motifs is 1. The Morgan fingerprint density at radius 2 is 2.04 bits per heavy atom. The summed E-state index contributed by atoms with van der Waals surface area (Å²) in [5, 5.41) is 0. The molecule has 0 N–H and O–H groups in total. The number of piperidine rings is 1. The molecule has 0 spiro atoms. The number of hydrogen-bond donors (Lipinski definition) is 0. The lowest BCUT2D eigenvalue weighted by Crippen LogP contribution is -2.39. The predicted molar refractivity (Wildman–Crippen MR) is 111 cm³/mol. The number of benzene rings is 1.